The summed E-state index contributed by atoms with van der Waals surface area (Å²) in [5.41, 5.74) is 2.24. The van der Waals surface area contributed by atoms with Crippen molar-refractivity contribution in [2.24, 2.45) is 0 Å². The molecular formula is C14H18NO4+. The van der Waals surface area contributed by atoms with E-state index < -0.39 is 0 Å². The van der Waals surface area contributed by atoms with Crippen molar-refractivity contribution in [3.8, 4) is 11.5 Å². The highest BCUT2D eigenvalue weighted by atomic mass is 16.5. The van der Waals surface area contributed by atoms with Crippen LogP contribution < -0.4 is 9.47 Å². The molecule has 0 N–H and O–H groups in total. The lowest BCUT2D eigenvalue weighted by Gasteiger charge is -2.15. The fourth-order valence-corrected chi connectivity index (χ4v) is 2.15. The quantitative estimate of drug-likeness (QED) is 0.598. The van der Waals surface area contributed by atoms with E-state index in [9.17, 15) is 4.79 Å². The van der Waals surface area contributed by atoms with Crippen LogP contribution >= 0.6 is 0 Å². The number of ether oxygens (including phenoxy) is 3. The number of esters is 1. The summed E-state index contributed by atoms with van der Waals surface area (Å²) in [6.07, 6.45) is 2.82. The second-order valence-electron chi connectivity index (χ2n) is 4.33. The van der Waals surface area contributed by atoms with Gasteiger partial charge in [0.15, 0.2) is 17.7 Å². The molecule has 0 atom stereocenters. The average molecular weight is 264 g/mol. The van der Waals surface area contributed by atoms with Crippen LogP contribution in [0.5, 0.6) is 11.5 Å². The molecule has 5 nitrogen and oxygen atoms in total. The summed E-state index contributed by atoms with van der Waals surface area (Å²) < 4.78 is 17.2. The smallest absolute Gasteiger partial charge is 0.371 e. The van der Waals surface area contributed by atoms with Crippen molar-refractivity contribution in [2.75, 3.05) is 34.4 Å². The molecule has 0 amide bonds. The van der Waals surface area contributed by atoms with E-state index in [0.717, 1.165) is 24.3 Å². The van der Waals surface area contributed by atoms with Crippen LogP contribution in [0.3, 0.4) is 0 Å². The van der Waals surface area contributed by atoms with Crippen molar-refractivity contribution < 1.29 is 23.6 Å². The highest BCUT2D eigenvalue weighted by Crippen LogP contribution is 2.31. The van der Waals surface area contributed by atoms with Gasteiger partial charge in [-0.3, -0.25) is 0 Å². The number of hydrogen-bond donors (Lipinski definition) is 0. The number of methoxy groups -OCH3 is 3. The standard InChI is InChI=1S/C14H18NO4/c1-17-12-6-10-4-5-15(9-14(16)19-3)8-11(10)7-13(12)18-2/h6-8H,4-5,9H2,1-3H3/q+1. The molecule has 19 heavy (non-hydrogen) atoms. The molecule has 2 rings (SSSR count). The third-order valence-electron chi connectivity index (χ3n) is 3.20. The van der Waals surface area contributed by atoms with E-state index >= 15 is 0 Å². The molecule has 1 heterocycles. The van der Waals surface area contributed by atoms with Crippen LogP contribution in [0.1, 0.15) is 11.1 Å². The maximum Gasteiger partial charge on any atom is 0.371 e. The van der Waals surface area contributed by atoms with E-state index in [1.165, 1.54) is 12.7 Å². The molecule has 0 saturated carbocycles. The first kappa shape index (κ1) is 13.4. The third-order valence-corrected chi connectivity index (χ3v) is 3.20. The zero-order valence-corrected chi connectivity index (χ0v) is 11.4. The predicted octanol–water partition coefficient (Wildman–Crippen LogP) is 0.864. The van der Waals surface area contributed by atoms with Crippen molar-refractivity contribution in [1.29, 1.82) is 0 Å². The van der Waals surface area contributed by atoms with Gasteiger partial charge in [0.1, 0.15) is 6.54 Å². The van der Waals surface area contributed by atoms with Crippen LogP contribution in [0, 0.1) is 0 Å². The summed E-state index contributed by atoms with van der Waals surface area (Å²) in [5.74, 6) is 1.19. The molecular weight excluding hydrogens is 246 g/mol. The first-order chi connectivity index (χ1) is 9.17. The summed E-state index contributed by atoms with van der Waals surface area (Å²) in [5, 5.41) is 0. The maximum absolute atomic E-state index is 11.3. The largest absolute Gasteiger partial charge is 0.493 e. The van der Waals surface area contributed by atoms with Gasteiger partial charge in [-0.15, -0.1) is 0 Å². The van der Waals surface area contributed by atoms with E-state index in [1.54, 1.807) is 14.2 Å². The summed E-state index contributed by atoms with van der Waals surface area (Å²) >= 11 is 0. The van der Waals surface area contributed by atoms with Gasteiger partial charge >= 0.3 is 5.97 Å². The number of nitrogens with zero attached hydrogens (tertiary/aromatic N) is 1. The second kappa shape index (κ2) is 5.73. The third kappa shape index (κ3) is 2.86. The Hall–Kier alpha value is -2.04. The molecule has 5 heteroatoms. The van der Waals surface area contributed by atoms with E-state index in [4.69, 9.17) is 9.47 Å². The minimum absolute atomic E-state index is 0.236. The van der Waals surface area contributed by atoms with Crippen molar-refractivity contribution in [2.45, 2.75) is 6.42 Å². The first-order valence-corrected chi connectivity index (χ1v) is 6.08. The number of hydrogen-bond acceptors (Lipinski definition) is 4. The van der Waals surface area contributed by atoms with Gasteiger partial charge in [-0.05, 0) is 17.7 Å². The molecule has 1 aromatic carbocycles. The highest BCUT2D eigenvalue weighted by molar-refractivity contribution is 5.81. The molecule has 0 aromatic heterocycles. The van der Waals surface area contributed by atoms with Gasteiger partial charge in [-0.2, -0.15) is 0 Å². The Morgan fingerprint density at radius 2 is 1.89 bits per heavy atom. The van der Waals surface area contributed by atoms with Gasteiger partial charge < -0.3 is 14.2 Å². The van der Waals surface area contributed by atoms with Gasteiger partial charge in [0.25, 0.3) is 0 Å². The molecule has 0 saturated heterocycles. The maximum atomic E-state index is 11.3. The van der Waals surface area contributed by atoms with Crippen molar-refractivity contribution >= 4 is 12.2 Å². The molecule has 1 aromatic rings. The normalized spacial score (nSPS) is 13.3. The first-order valence-electron chi connectivity index (χ1n) is 6.08. The molecule has 0 bridgehead atoms. The van der Waals surface area contributed by atoms with Crippen molar-refractivity contribution in [1.82, 2.24) is 0 Å². The van der Waals surface area contributed by atoms with Gasteiger partial charge in [-0.1, -0.05) is 0 Å². The highest BCUT2D eigenvalue weighted by Gasteiger charge is 2.21. The second-order valence-corrected chi connectivity index (χ2v) is 4.33. The van der Waals surface area contributed by atoms with Gasteiger partial charge in [0, 0.05) is 12.0 Å². The molecule has 102 valence electrons. The van der Waals surface area contributed by atoms with Crippen LogP contribution in [0.15, 0.2) is 12.1 Å². The van der Waals surface area contributed by atoms with Crippen molar-refractivity contribution in [3.05, 3.63) is 23.3 Å². The Bertz CT molecular complexity index is 522. The average Bonchev–Trinajstić information content (AvgIpc) is 2.45. The molecule has 0 unspecified atom stereocenters. The van der Waals surface area contributed by atoms with Gasteiger partial charge in [0.2, 0.25) is 6.54 Å². The number of carbonyl (C=O) groups is 1. The Morgan fingerprint density at radius 3 is 2.53 bits per heavy atom. The molecule has 0 spiro atoms. The van der Waals surface area contributed by atoms with Crippen LogP contribution in [-0.2, 0) is 16.0 Å². The Kier molecular flexibility index (Phi) is 4.04. The number of rotatable bonds is 4. The number of carbonyl (C=O) groups excluding carboxylic acids is 1. The van der Waals surface area contributed by atoms with Crippen LogP contribution in [0.4, 0.5) is 0 Å². The minimum atomic E-state index is -0.236. The van der Waals surface area contributed by atoms with E-state index in [2.05, 4.69) is 4.74 Å². The summed E-state index contributed by atoms with van der Waals surface area (Å²) in [6.45, 7) is 1.06. The minimum Gasteiger partial charge on any atom is -0.493 e. The van der Waals surface area contributed by atoms with Gasteiger partial charge in [0.05, 0.1) is 21.3 Å². The summed E-state index contributed by atoms with van der Waals surface area (Å²) in [6, 6.07) is 3.91. The van der Waals surface area contributed by atoms with Crippen LogP contribution in [0.25, 0.3) is 0 Å². The zero-order chi connectivity index (χ0) is 13.8. The molecule has 0 fully saturated rings. The summed E-state index contributed by atoms with van der Waals surface area (Å²) in [7, 11) is 4.63. The molecule has 1 aliphatic heterocycles. The lowest BCUT2D eigenvalue weighted by Crippen LogP contribution is -2.28. The topological polar surface area (TPSA) is 47.8 Å². The lowest BCUT2D eigenvalue weighted by atomic mass is 10.0. The van der Waals surface area contributed by atoms with E-state index in [-0.39, 0.29) is 12.5 Å². The van der Waals surface area contributed by atoms with Gasteiger partial charge in [-0.25, -0.2) is 9.37 Å². The molecule has 0 radical (unpaired) electrons. The van der Waals surface area contributed by atoms with Crippen LogP contribution in [-0.4, -0.2) is 51.2 Å². The zero-order valence-electron chi connectivity index (χ0n) is 11.4. The Balaban J connectivity index is 2.31. The van der Waals surface area contributed by atoms with E-state index in [0.29, 0.717) is 5.75 Å². The molecule has 1 aliphatic rings. The van der Waals surface area contributed by atoms with E-state index in [1.807, 2.05) is 22.9 Å². The number of fused-ring (bicyclic) bond motifs is 1. The summed E-state index contributed by atoms with van der Waals surface area (Å²) in [4.78, 5) is 11.3. The lowest BCUT2D eigenvalue weighted by molar-refractivity contribution is -0.514. The fraction of sp³-hybridized carbons (Fsp3) is 0.429. The monoisotopic (exact) mass is 264 g/mol. The Morgan fingerprint density at radius 1 is 1.21 bits per heavy atom. The Labute approximate surface area is 112 Å². The fourth-order valence-electron chi connectivity index (χ4n) is 2.15. The van der Waals surface area contributed by atoms with Crippen molar-refractivity contribution in [3.63, 3.8) is 0 Å². The van der Waals surface area contributed by atoms with Crippen LogP contribution in [0.2, 0.25) is 0 Å². The number of benzene rings is 1. The SMILES string of the molecule is COC(=O)C[N+]1=Cc2cc(OC)c(OC)cc2CC1. The molecule has 0 aliphatic carbocycles. The predicted molar refractivity (Wildman–Crippen MR) is 70.4 cm³/mol.